The molecule has 2 aromatic heterocycles. The SMILES string of the molecule is [2H]C([2H])([2H])c1nc2nc(Cl)nc(-c3ccc(Cl)c(F)c3F)c2nc1C([2H])([2H])[2H]. The van der Waals surface area contributed by atoms with Crippen LogP contribution >= 0.6 is 23.2 Å². The van der Waals surface area contributed by atoms with E-state index < -0.39 is 52.6 Å². The standard InChI is InChI=1S/C14H8Cl2F2N4/c1-5-6(2)20-13-12(19-5)11(21-14(16)22-13)7-3-4-8(15)10(18)9(7)17/h3-4H,1-2H3/i1D3,2D3. The summed E-state index contributed by atoms with van der Waals surface area (Å²) in [6.45, 7) is -5.87. The molecule has 0 saturated heterocycles. The van der Waals surface area contributed by atoms with Crippen molar-refractivity contribution in [2.45, 2.75) is 13.7 Å². The van der Waals surface area contributed by atoms with E-state index >= 15 is 0 Å². The van der Waals surface area contributed by atoms with Gasteiger partial charge in [-0.15, -0.1) is 0 Å². The van der Waals surface area contributed by atoms with Crippen LogP contribution in [-0.4, -0.2) is 19.9 Å². The maximum Gasteiger partial charge on any atom is 0.225 e. The Balaban J connectivity index is 2.45. The van der Waals surface area contributed by atoms with E-state index in [9.17, 15) is 8.78 Å². The molecule has 0 saturated carbocycles. The fourth-order valence-electron chi connectivity index (χ4n) is 1.82. The van der Waals surface area contributed by atoms with Gasteiger partial charge in [-0.3, -0.25) is 0 Å². The van der Waals surface area contributed by atoms with E-state index in [0.717, 1.165) is 12.1 Å². The number of halogens is 4. The third-order valence-corrected chi connectivity index (χ3v) is 3.26. The molecule has 0 unspecified atom stereocenters. The van der Waals surface area contributed by atoms with Gasteiger partial charge >= 0.3 is 0 Å². The molecule has 0 fully saturated rings. The lowest BCUT2D eigenvalue weighted by Crippen LogP contribution is -2.02. The van der Waals surface area contributed by atoms with Gasteiger partial charge in [-0.25, -0.2) is 23.7 Å². The molecule has 0 aliphatic heterocycles. The average molecular weight is 347 g/mol. The summed E-state index contributed by atoms with van der Waals surface area (Å²) < 4.78 is 73.5. The third kappa shape index (κ3) is 2.38. The summed E-state index contributed by atoms with van der Waals surface area (Å²) in [5.41, 5.74) is -3.17. The Kier molecular flexibility index (Phi) is 2.26. The van der Waals surface area contributed by atoms with E-state index in [1.165, 1.54) is 0 Å². The molecule has 8 heteroatoms. The van der Waals surface area contributed by atoms with E-state index in [0.29, 0.717) is 0 Å². The van der Waals surface area contributed by atoms with Crippen LogP contribution in [-0.2, 0) is 0 Å². The van der Waals surface area contributed by atoms with Crippen molar-refractivity contribution in [2.24, 2.45) is 0 Å². The van der Waals surface area contributed by atoms with Crippen LogP contribution < -0.4 is 0 Å². The van der Waals surface area contributed by atoms with Crippen LogP contribution in [0.15, 0.2) is 12.1 Å². The van der Waals surface area contributed by atoms with Gasteiger partial charge in [0.25, 0.3) is 0 Å². The molecule has 0 aliphatic rings. The quantitative estimate of drug-likeness (QED) is 0.487. The van der Waals surface area contributed by atoms with E-state index in [4.69, 9.17) is 31.4 Å². The second-order valence-corrected chi connectivity index (χ2v) is 4.90. The lowest BCUT2D eigenvalue weighted by Gasteiger charge is -2.09. The lowest BCUT2D eigenvalue weighted by atomic mass is 10.1. The summed E-state index contributed by atoms with van der Waals surface area (Å²) in [5.74, 6) is -2.73. The fourth-order valence-corrected chi connectivity index (χ4v) is 2.13. The Morgan fingerprint density at radius 1 is 0.955 bits per heavy atom. The van der Waals surface area contributed by atoms with Crippen LogP contribution in [0.2, 0.25) is 10.3 Å². The largest absolute Gasteiger partial charge is 0.246 e. The normalized spacial score (nSPS) is 16.4. The monoisotopic (exact) mass is 346 g/mol. The van der Waals surface area contributed by atoms with Gasteiger partial charge in [0.05, 0.1) is 16.4 Å². The number of aromatic nitrogens is 4. The zero-order valence-corrected chi connectivity index (χ0v) is 12.0. The second-order valence-electron chi connectivity index (χ2n) is 4.16. The Morgan fingerprint density at radius 3 is 2.41 bits per heavy atom. The van der Waals surface area contributed by atoms with Gasteiger partial charge in [-0.05, 0) is 37.4 Å². The van der Waals surface area contributed by atoms with Crippen molar-refractivity contribution in [3.05, 3.63) is 45.5 Å². The summed E-state index contributed by atoms with van der Waals surface area (Å²) in [4.78, 5) is 15.1. The smallest absolute Gasteiger partial charge is 0.225 e. The Hall–Kier alpha value is -1.92. The van der Waals surface area contributed by atoms with Crippen LogP contribution in [0.3, 0.4) is 0 Å². The minimum atomic E-state index is -2.95. The number of rotatable bonds is 1. The predicted octanol–water partition coefficient (Wildman–Crippen LogP) is 4.29. The second kappa shape index (κ2) is 5.37. The summed E-state index contributed by atoms with van der Waals surface area (Å²) >= 11 is 11.3. The van der Waals surface area contributed by atoms with Crippen molar-refractivity contribution in [3.63, 3.8) is 0 Å². The minimum Gasteiger partial charge on any atom is -0.246 e. The molecule has 0 bridgehead atoms. The van der Waals surface area contributed by atoms with Gasteiger partial charge in [-0.2, -0.15) is 4.98 Å². The molecular formula is C14H8Cl2F2N4. The van der Waals surface area contributed by atoms with Crippen LogP contribution in [0, 0.1) is 25.3 Å². The van der Waals surface area contributed by atoms with Crippen LogP contribution in [0.25, 0.3) is 22.4 Å². The van der Waals surface area contributed by atoms with Crippen molar-refractivity contribution in [3.8, 4) is 11.3 Å². The first-order valence-electron chi connectivity index (χ1n) is 8.71. The van der Waals surface area contributed by atoms with E-state index in [-0.39, 0.29) is 16.9 Å². The van der Waals surface area contributed by atoms with Gasteiger partial charge in [0.1, 0.15) is 11.2 Å². The number of aryl methyl sites for hydroxylation is 2. The third-order valence-electron chi connectivity index (χ3n) is 2.79. The van der Waals surface area contributed by atoms with Gasteiger partial charge in [0.15, 0.2) is 17.3 Å². The molecule has 0 amide bonds. The average Bonchev–Trinajstić information content (AvgIpc) is 2.56. The predicted molar refractivity (Wildman–Crippen MR) is 80.0 cm³/mol. The molecule has 22 heavy (non-hydrogen) atoms. The molecule has 0 aliphatic carbocycles. The van der Waals surface area contributed by atoms with E-state index in [1.54, 1.807) is 0 Å². The molecule has 0 radical (unpaired) electrons. The molecule has 3 aromatic rings. The first-order valence-corrected chi connectivity index (χ1v) is 6.46. The molecule has 0 N–H and O–H groups in total. The molecule has 1 aromatic carbocycles. The van der Waals surface area contributed by atoms with Crippen molar-refractivity contribution < 1.29 is 17.0 Å². The summed E-state index contributed by atoms with van der Waals surface area (Å²) in [6, 6.07) is 2.15. The van der Waals surface area contributed by atoms with Crippen molar-refractivity contribution in [1.29, 1.82) is 0 Å². The Labute approximate surface area is 142 Å². The zero-order valence-electron chi connectivity index (χ0n) is 16.5. The highest BCUT2D eigenvalue weighted by molar-refractivity contribution is 6.31. The fraction of sp³-hybridized carbons (Fsp3) is 0.143. The molecule has 0 atom stereocenters. The van der Waals surface area contributed by atoms with Crippen molar-refractivity contribution >= 4 is 34.4 Å². The van der Waals surface area contributed by atoms with Crippen molar-refractivity contribution in [2.75, 3.05) is 0 Å². The number of hydrogen-bond donors (Lipinski definition) is 0. The Bertz CT molecular complexity index is 1100. The van der Waals surface area contributed by atoms with Crippen LogP contribution in [0.1, 0.15) is 19.6 Å². The maximum absolute atomic E-state index is 14.4. The summed E-state index contributed by atoms with van der Waals surface area (Å²) in [7, 11) is 0. The summed E-state index contributed by atoms with van der Waals surface area (Å²) in [5, 5.41) is -0.936. The molecule has 2 heterocycles. The maximum atomic E-state index is 14.4. The number of benzene rings is 1. The van der Waals surface area contributed by atoms with Gasteiger partial charge in [0, 0.05) is 13.8 Å². The molecular weight excluding hydrogens is 333 g/mol. The van der Waals surface area contributed by atoms with Crippen molar-refractivity contribution in [1.82, 2.24) is 19.9 Å². The highest BCUT2D eigenvalue weighted by Gasteiger charge is 2.19. The van der Waals surface area contributed by atoms with Gasteiger partial charge in [0.2, 0.25) is 5.28 Å². The topological polar surface area (TPSA) is 51.6 Å². The zero-order chi connectivity index (χ0) is 21.0. The molecule has 112 valence electrons. The molecule has 3 rings (SSSR count). The van der Waals surface area contributed by atoms with E-state index in [2.05, 4.69) is 19.9 Å². The first kappa shape index (κ1) is 9.27. The van der Waals surface area contributed by atoms with Crippen LogP contribution in [0.5, 0.6) is 0 Å². The Morgan fingerprint density at radius 2 is 1.68 bits per heavy atom. The van der Waals surface area contributed by atoms with Gasteiger partial charge in [-0.1, -0.05) is 11.6 Å². The number of fused-ring (bicyclic) bond motifs is 1. The summed E-state index contributed by atoms with van der Waals surface area (Å²) in [6.07, 6.45) is 0. The first-order chi connectivity index (χ1) is 12.8. The lowest BCUT2D eigenvalue weighted by molar-refractivity contribution is 0.511. The molecule has 4 nitrogen and oxygen atoms in total. The van der Waals surface area contributed by atoms with E-state index in [1.807, 2.05) is 0 Å². The van der Waals surface area contributed by atoms with Crippen LogP contribution in [0.4, 0.5) is 8.78 Å². The number of hydrogen-bond acceptors (Lipinski definition) is 4. The highest BCUT2D eigenvalue weighted by atomic mass is 35.5. The minimum absolute atomic E-state index is 0.357. The highest BCUT2D eigenvalue weighted by Crippen LogP contribution is 2.31. The van der Waals surface area contributed by atoms with Gasteiger partial charge < -0.3 is 0 Å². The number of nitrogens with zero attached hydrogens (tertiary/aromatic N) is 4. The molecule has 0 spiro atoms.